The van der Waals surface area contributed by atoms with Crippen molar-refractivity contribution in [3.05, 3.63) is 48.4 Å². The summed E-state index contributed by atoms with van der Waals surface area (Å²) in [6, 6.07) is 9.14. The molecule has 0 atom stereocenters. The number of carbonyl (C=O) groups is 1. The topological polar surface area (TPSA) is 68.5 Å². The summed E-state index contributed by atoms with van der Waals surface area (Å²) in [4.78, 5) is 15.2. The lowest BCUT2D eigenvalue weighted by Crippen LogP contribution is -2.05. The van der Waals surface area contributed by atoms with E-state index in [1.165, 1.54) is 13.3 Å². The molecule has 0 radical (unpaired) electrons. The predicted octanol–water partition coefficient (Wildman–Crippen LogP) is 2.79. The third kappa shape index (κ3) is 2.84. The van der Waals surface area contributed by atoms with Gasteiger partial charge in [0, 0.05) is 24.9 Å². The Labute approximate surface area is 121 Å². The molecule has 0 unspecified atom stereocenters. The van der Waals surface area contributed by atoms with Crippen molar-refractivity contribution in [2.75, 3.05) is 5.32 Å². The minimum Gasteiger partial charge on any atom is -0.457 e. The van der Waals surface area contributed by atoms with Crippen LogP contribution in [0.5, 0.6) is 11.5 Å². The van der Waals surface area contributed by atoms with Gasteiger partial charge < -0.3 is 10.1 Å². The van der Waals surface area contributed by atoms with Gasteiger partial charge in [-0.05, 0) is 36.8 Å². The molecule has 2 heterocycles. The Bertz CT molecular complexity index is 810. The van der Waals surface area contributed by atoms with Crippen molar-refractivity contribution < 1.29 is 9.53 Å². The number of carbonyl (C=O) groups excluding carboxylic acids is 1. The van der Waals surface area contributed by atoms with E-state index in [1.54, 1.807) is 16.8 Å². The van der Waals surface area contributed by atoms with Gasteiger partial charge in [-0.1, -0.05) is 0 Å². The smallest absolute Gasteiger partial charge is 0.221 e. The van der Waals surface area contributed by atoms with Crippen LogP contribution >= 0.6 is 0 Å². The SMILES string of the molecule is CC(=O)Nc1ccc(Oc2ccn3ncnc3c2)c(C)c1. The Kier molecular flexibility index (Phi) is 3.27. The fraction of sp³-hybridized carbons (Fsp3) is 0.133. The van der Waals surface area contributed by atoms with E-state index < -0.39 is 0 Å². The largest absolute Gasteiger partial charge is 0.457 e. The molecule has 21 heavy (non-hydrogen) atoms. The minimum atomic E-state index is -0.0969. The zero-order valence-corrected chi connectivity index (χ0v) is 11.7. The number of aryl methyl sites for hydroxylation is 1. The van der Waals surface area contributed by atoms with Crippen molar-refractivity contribution in [1.82, 2.24) is 14.6 Å². The average molecular weight is 282 g/mol. The van der Waals surface area contributed by atoms with Crippen molar-refractivity contribution in [2.24, 2.45) is 0 Å². The number of pyridine rings is 1. The van der Waals surface area contributed by atoms with Gasteiger partial charge in [0.15, 0.2) is 5.65 Å². The van der Waals surface area contributed by atoms with Crippen molar-refractivity contribution >= 4 is 17.2 Å². The fourth-order valence-electron chi connectivity index (χ4n) is 2.03. The monoisotopic (exact) mass is 282 g/mol. The van der Waals surface area contributed by atoms with E-state index >= 15 is 0 Å². The van der Waals surface area contributed by atoms with Crippen LogP contribution in [0.25, 0.3) is 5.65 Å². The summed E-state index contributed by atoms with van der Waals surface area (Å²) >= 11 is 0. The molecule has 106 valence electrons. The molecular weight excluding hydrogens is 268 g/mol. The molecule has 0 spiro atoms. The third-order valence-corrected chi connectivity index (χ3v) is 2.98. The molecule has 1 N–H and O–H groups in total. The van der Waals surface area contributed by atoms with Gasteiger partial charge >= 0.3 is 0 Å². The van der Waals surface area contributed by atoms with E-state index in [2.05, 4.69) is 15.4 Å². The lowest BCUT2D eigenvalue weighted by atomic mass is 10.2. The van der Waals surface area contributed by atoms with Crippen LogP contribution in [0, 0.1) is 6.92 Å². The lowest BCUT2D eigenvalue weighted by Gasteiger charge is -2.10. The average Bonchev–Trinajstić information content (AvgIpc) is 2.88. The number of anilines is 1. The molecule has 0 aliphatic carbocycles. The molecule has 1 aromatic carbocycles. The van der Waals surface area contributed by atoms with E-state index in [0.29, 0.717) is 5.75 Å². The van der Waals surface area contributed by atoms with Crippen LogP contribution in [0.3, 0.4) is 0 Å². The summed E-state index contributed by atoms with van der Waals surface area (Å²) in [6.45, 7) is 3.41. The molecule has 6 heteroatoms. The second kappa shape index (κ2) is 5.24. The minimum absolute atomic E-state index is 0.0969. The Morgan fingerprint density at radius 3 is 2.90 bits per heavy atom. The number of ether oxygens (including phenoxy) is 1. The van der Waals surface area contributed by atoms with Gasteiger partial charge in [0.05, 0.1) is 0 Å². The number of aromatic nitrogens is 3. The van der Waals surface area contributed by atoms with E-state index in [-0.39, 0.29) is 5.91 Å². The van der Waals surface area contributed by atoms with E-state index in [4.69, 9.17) is 4.74 Å². The van der Waals surface area contributed by atoms with Crippen LogP contribution in [0.2, 0.25) is 0 Å². The number of benzene rings is 1. The van der Waals surface area contributed by atoms with Crippen molar-refractivity contribution in [2.45, 2.75) is 13.8 Å². The van der Waals surface area contributed by atoms with Crippen LogP contribution in [0.4, 0.5) is 5.69 Å². The highest BCUT2D eigenvalue weighted by Crippen LogP contribution is 2.27. The number of hydrogen-bond acceptors (Lipinski definition) is 4. The number of nitrogens with one attached hydrogen (secondary N) is 1. The molecule has 6 nitrogen and oxygen atoms in total. The Morgan fingerprint density at radius 1 is 1.29 bits per heavy atom. The molecule has 0 saturated heterocycles. The van der Waals surface area contributed by atoms with Gasteiger partial charge in [-0.2, -0.15) is 5.10 Å². The van der Waals surface area contributed by atoms with Gasteiger partial charge in [0.2, 0.25) is 5.91 Å². The summed E-state index contributed by atoms with van der Waals surface area (Å²) in [5.41, 5.74) is 2.41. The maximum Gasteiger partial charge on any atom is 0.221 e. The first-order valence-corrected chi connectivity index (χ1v) is 6.47. The number of amides is 1. The van der Waals surface area contributed by atoms with E-state index in [0.717, 1.165) is 22.6 Å². The maximum absolute atomic E-state index is 11.0. The summed E-state index contributed by atoms with van der Waals surface area (Å²) in [6.07, 6.45) is 3.28. The summed E-state index contributed by atoms with van der Waals surface area (Å²) in [7, 11) is 0. The number of nitrogens with zero attached hydrogens (tertiary/aromatic N) is 3. The number of fused-ring (bicyclic) bond motifs is 1. The Balaban J connectivity index is 1.85. The second-order valence-corrected chi connectivity index (χ2v) is 4.69. The van der Waals surface area contributed by atoms with Gasteiger partial charge in [-0.15, -0.1) is 0 Å². The van der Waals surface area contributed by atoms with E-state index in [1.807, 2.05) is 31.2 Å². The van der Waals surface area contributed by atoms with Crippen LogP contribution in [0.15, 0.2) is 42.9 Å². The van der Waals surface area contributed by atoms with Gasteiger partial charge in [-0.25, -0.2) is 9.50 Å². The summed E-state index contributed by atoms with van der Waals surface area (Å²) in [5, 5.41) is 6.77. The zero-order chi connectivity index (χ0) is 14.8. The molecular formula is C15H14N4O2. The van der Waals surface area contributed by atoms with Crippen LogP contribution in [-0.4, -0.2) is 20.5 Å². The predicted molar refractivity (Wildman–Crippen MR) is 78.5 cm³/mol. The van der Waals surface area contributed by atoms with Crippen LogP contribution in [0.1, 0.15) is 12.5 Å². The number of hydrogen-bond donors (Lipinski definition) is 1. The van der Waals surface area contributed by atoms with Gasteiger partial charge in [0.1, 0.15) is 17.8 Å². The highest BCUT2D eigenvalue weighted by Gasteiger charge is 2.05. The summed E-state index contributed by atoms with van der Waals surface area (Å²) < 4.78 is 7.52. The highest BCUT2D eigenvalue weighted by molar-refractivity contribution is 5.88. The van der Waals surface area contributed by atoms with Crippen LogP contribution < -0.4 is 10.1 Å². The van der Waals surface area contributed by atoms with Crippen LogP contribution in [-0.2, 0) is 4.79 Å². The van der Waals surface area contributed by atoms with Gasteiger partial charge in [0.25, 0.3) is 0 Å². The highest BCUT2D eigenvalue weighted by atomic mass is 16.5. The third-order valence-electron chi connectivity index (χ3n) is 2.98. The van der Waals surface area contributed by atoms with Crippen molar-refractivity contribution in [1.29, 1.82) is 0 Å². The molecule has 0 aliphatic rings. The zero-order valence-electron chi connectivity index (χ0n) is 11.7. The second-order valence-electron chi connectivity index (χ2n) is 4.69. The maximum atomic E-state index is 11.0. The first kappa shape index (κ1) is 13.1. The molecule has 2 aromatic heterocycles. The number of rotatable bonds is 3. The molecule has 0 fully saturated rings. The fourth-order valence-corrected chi connectivity index (χ4v) is 2.03. The Hall–Kier alpha value is -2.89. The standard InChI is InChI=1S/C15H14N4O2/c1-10-7-12(18-11(2)20)3-4-14(10)21-13-5-6-19-15(8-13)16-9-17-19/h3-9H,1-2H3,(H,18,20). The Morgan fingerprint density at radius 2 is 2.14 bits per heavy atom. The molecule has 3 rings (SSSR count). The first-order chi connectivity index (χ1) is 10.1. The first-order valence-electron chi connectivity index (χ1n) is 6.47. The summed E-state index contributed by atoms with van der Waals surface area (Å²) in [5.74, 6) is 1.32. The lowest BCUT2D eigenvalue weighted by molar-refractivity contribution is -0.114. The van der Waals surface area contributed by atoms with Crippen molar-refractivity contribution in [3.8, 4) is 11.5 Å². The molecule has 0 bridgehead atoms. The quantitative estimate of drug-likeness (QED) is 0.802. The van der Waals surface area contributed by atoms with E-state index in [9.17, 15) is 4.79 Å². The molecule has 3 aromatic rings. The molecule has 0 aliphatic heterocycles. The normalized spacial score (nSPS) is 10.6. The molecule has 1 amide bonds. The van der Waals surface area contributed by atoms with Crippen molar-refractivity contribution in [3.63, 3.8) is 0 Å². The molecule has 0 saturated carbocycles. The van der Waals surface area contributed by atoms with Gasteiger partial charge in [-0.3, -0.25) is 4.79 Å².